The molecule has 0 radical (unpaired) electrons. The van der Waals surface area contributed by atoms with Gasteiger partial charge in [-0.1, -0.05) is 30.2 Å². The van der Waals surface area contributed by atoms with Crippen LogP contribution in [0.4, 0.5) is 0 Å². The second kappa shape index (κ2) is 6.03. The first-order valence-corrected chi connectivity index (χ1v) is 6.28. The van der Waals surface area contributed by atoms with Gasteiger partial charge in [0.1, 0.15) is 12.6 Å². The molecule has 1 aromatic carbocycles. The van der Waals surface area contributed by atoms with Crippen molar-refractivity contribution in [1.82, 2.24) is 5.32 Å². The minimum absolute atomic E-state index is 0.136. The van der Waals surface area contributed by atoms with Crippen molar-refractivity contribution in [2.75, 3.05) is 6.54 Å². The van der Waals surface area contributed by atoms with Gasteiger partial charge in [-0.25, -0.2) is 0 Å². The Kier molecular flexibility index (Phi) is 4.40. The van der Waals surface area contributed by atoms with E-state index in [1.165, 1.54) is 0 Å². The Hall–Kier alpha value is -1.06. The van der Waals surface area contributed by atoms with E-state index in [0.717, 1.165) is 31.4 Å². The summed E-state index contributed by atoms with van der Waals surface area (Å²) < 4.78 is 5.26. The fourth-order valence-electron chi connectivity index (χ4n) is 1.93. The molecular formula is C13H16ClNO2. The lowest BCUT2D eigenvalue weighted by Gasteiger charge is -2.21. The molecular weight excluding hydrogens is 238 g/mol. The van der Waals surface area contributed by atoms with Gasteiger partial charge in [0.2, 0.25) is 0 Å². The van der Waals surface area contributed by atoms with E-state index in [1.807, 2.05) is 18.2 Å². The Morgan fingerprint density at radius 1 is 1.47 bits per heavy atom. The lowest BCUT2D eigenvalue weighted by molar-refractivity contribution is -0.148. The van der Waals surface area contributed by atoms with E-state index in [0.29, 0.717) is 5.02 Å². The first-order valence-electron chi connectivity index (χ1n) is 5.90. The van der Waals surface area contributed by atoms with Crippen LogP contribution in [-0.4, -0.2) is 18.6 Å². The highest BCUT2D eigenvalue weighted by atomic mass is 35.5. The molecule has 1 atom stereocenters. The van der Waals surface area contributed by atoms with Crippen molar-refractivity contribution in [2.24, 2.45) is 0 Å². The monoisotopic (exact) mass is 253 g/mol. The molecule has 1 saturated heterocycles. The predicted octanol–water partition coefficient (Wildman–Crippen LogP) is 2.53. The summed E-state index contributed by atoms with van der Waals surface area (Å²) in [5.74, 6) is -0.162. The predicted molar refractivity (Wildman–Crippen MR) is 66.9 cm³/mol. The van der Waals surface area contributed by atoms with E-state index in [4.69, 9.17) is 16.3 Å². The Morgan fingerprint density at radius 2 is 2.35 bits per heavy atom. The van der Waals surface area contributed by atoms with E-state index in [9.17, 15) is 4.79 Å². The maximum atomic E-state index is 11.7. The molecule has 1 heterocycles. The van der Waals surface area contributed by atoms with E-state index in [1.54, 1.807) is 6.07 Å². The van der Waals surface area contributed by atoms with Crippen molar-refractivity contribution in [1.29, 1.82) is 0 Å². The van der Waals surface area contributed by atoms with Crippen molar-refractivity contribution >= 4 is 17.6 Å². The average Bonchev–Trinajstić information content (AvgIpc) is 2.37. The van der Waals surface area contributed by atoms with Gasteiger partial charge in [-0.15, -0.1) is 0 Å². The number of hydrogen-bond donors (Lipinski definition) is 1. The third kappa shape index (κ3) is 3.72. The minimum atomic E-state index is -0.162. The SMILES string of the molecule is O=C(OCc1cccc(Cl)c1)[C@@H]1CCCCN1. The third-order valence-corrected chi connectivity index (χ3v) is 3.10. The van der Waals surface area contributed by atoms with Gasteiger partial charge in [0.05, 0.1) is 0 Å². The second-order valence-electron chi connectivity index (χ2n) is 4.24. The average molecular weight is 254 g/mol. The van der Waals surface area contributed by atoms with E-state index >= 15 is 0 Å². The highest BCUT2D eigenvalue weighted by molar-refractivity contribution is 6.30. The van der Waals surface area contributed by atoms with Gasteiger partial charge >= 0.3 is 5.97 Å². The summed E-state index contributed by atoms with van der Waals surface area (Å²) in [7, 11) is 0. The number of benzene rings is 1. The first-order chi connectivity index (χ1) is 8.25. The van der Waals surface area contributed by atoms with Crippen LogP contribution < -0.4 is 5.32 Å². The summed E-state index contributed by atoms with van der Waals surface area (Å²) in [5, 5.41) is 3.83. The number of esters is 1. The molecule has 1 aromatic rings. The summed E-state index contributed by atoms with van der Waals surface area (Å²) in [5.41, 5.74) is 0.918. The van der Waals surface area contributed by atoms with E-state index in [2.05, 4.69) is 5.32 Å². The highest BCUT2D eigenvalue weighted by Gasteiger charge is 2.21. The van der Waals surface area contributed by atoms with Crippen LogP contribution in [0.25, 0.3) is 0 Å². The normalized spacial score (nSPS) is 19.9. The summed E-state index contributed by atoms with van der Waals surface area (Å²) in [6.45, 7) is 1.19. The van der Waals surface area contributed by atoms with Crippen LogP contribution in [0.1, 0.15) is 24.8 Å². The Labute approximate surface area is 106 Å². The minimum Gasteiger partial charge on any atom is -0.460 e. The smallest absolute Gasteiger partial charge is 0.323 e. The molecule has 0 amide bonds. The van der Waals surface area contributed by atoms with Crippen LogP contribution >= 0.6 is 11.6 Å². The van der Waals surface area contributed by atoms with Crippen molar-refractivity contribution in [3.8, 4) is 0 Å². The summed E-state index contributed by atoms with van der Waals surface area (Å²) in [6, 6.07) is 7.22. The Balaban J connectivity index is 1.83. The van der Waals surface area contributed by atoms with Crippen LogP contribution in [-0.2, 0) is 16.1 Å². The lowest BCUT2D eigenvalue weighted by atomic mass is 10.1. The molecule has 0 spiro atoms. The molecule has 92 valence electrons. The van der Waals surface area contributed by atoms with Crippen LogP contribution in [0.2, 0.25) is 5.02 Å². The quantitative estimate of drug-likeness (QED) is 0.842. The zero-order valence-electron chi connectivity index (χ0n) is 9.62. The number of nitrogens with one attached hydrogen (secondary N) is 1. The van der Waals surface area contributed by atoms with Gasteiger partial charge < -0.3 is 10.1 Å². The van der Waals surface area contributed by atoms with Gasteiger partial charge in [0, 0.05) is 5.02 Å². The lowest BCUT2D eigenvalue weighted by Crippen LogP contribution is -2.41. The van der Waals surface area contributed by atoms with Crippen LogP contribution in [0.3, 0.4) is 0 Å². The summed E-state index contributed by atoms with van der Waals surface area (Å²) in [6.07, 6.45) is 3.09. The fraction of sp³-hybridized carbons (Fsp3) is 0.462. The molecule has 0 aromatic heterocycles. The molecule has 3 nitrogen and oxygen atoms in total. The number of hydrogen-bond acceptors (Lipinski definition) is 3. The molecule has 17 heavy (non-hydrogen) atoms. The topological polar surface area (TPSA) is 38.3 Å². The fourth-order valence-corrected chi connectivity index (χ4v) is 2.15. The van der Waals surface area contributed by atoms with Gasteiger partial charge in [-0.3, -0.25) is 4.79 Å². The summed E-state index contributed by atoms with van der Waals surface area (Å²) >= 11 is 5.86. The van der Waals surface area contributed by atoms with Gasteiger partial charge in [-0.05, 0) is 37.1 Å². The first kappa shape index (κ1) is 12.4. The van der Waals surface area contributed by atoms with Crippen LogP contribution in [0.15, 0.2) is 24.3 Å². The molecule has 1 aliphatic rings. The van der Waals surface area contributed by atoms with Crippen molar-refractivity contribution in [3.63, 3.8) is 0 Å². The molecule has 0 saturated carbocycles. The molecule has 1 N–H and O–H groups in total. The van der Waals surface area contributed by atoms with Crippen molar-refractivity contribution < 1.29 is 9.53 Å². The van der Waals surface area contributed by atoms with Crippen LogP contribution in [0, 0.1) is 0 Å². The maximum absolute atomic E-state index is 11.7. The Bertz CT molecular complexity index is 389. The van der Waals surface area contributed by atoms with Gasteiger partial charge in [0.25, 0.3) is 0 Å². The molecule has 1 aliphatic heterocycles. The van der Waals surface area contributed by atoms with E-state index < -0.39 is 0 Å². The number of piperidine rings is 1. The van der Waals surface area contributed by atoms with Crippen molar-refractivity contribution in [2.45, 2.75) is 31.9 Å². The standard InChI is InChI=1S/C13H16ClNO2/c14-11-5-3-4-10(8-11)9-17-13(16)12-6-1-2-7-15-12/h3-5,8,12,15H,1-2,6-7,9H2/t12-/m0/s1. The van der Waals surface area contributed by atoms with Gasteiger partial charge in [-0.2, -0.15) is 0 Å². The molecule has 0 unspecified atom stereocenters. The zero-order valence-corrected chi connectivity index (χ0v) is 10.4. The third-order valence-electron chi connectivity index (χ3n) is 2.86. The highest BCUT2D eigenvalue weighted by Crippen LogP contribution is 2.13. The number of halogens is 1. The maximum Gasteiger partial charge on any atom is 0.323 e. The van der Waals surface area contributed by atoms with E-state index in [-0.39, 0.29) is 18.6 Å². The number of rotatable bonds is 3. The van der Waals surface area contributed by atoms with Crippen molar-refractivity contribution in [3.05, 3.63) is 34.9 Å². The largest absolute Gasteiger partial charge is 0.460 e. The number of ether oxygens (including phenoxy) is 1. The van der Waals surface area contributed by atoms with Gasteiger partial charge in [0.15, 0.2) is 0 Å². The molecule has 1 fully saturated rings. The molecule has 0 bridgehead atoms. The molecule has 4 heteroatoms. The summed E-state index contributed by atoms with van der Waals surface area (Å²) in [4.78, 5) is 11.7. The second-order valence-corrected chi connectivity index (χ2v) is 4.68. The molecule has 0 aliphatic carbocycles. The van der Waals surface area contributed by atoms with Crippen LogP contribution in [0.5, 0.6) is 0 Å². The Morgan fingerprint density at radius 3 is 3.06 bits per heavy atom. The number of carbonyl (C=O) groups excluding carboxylic acids is 1. The number of carbonyl (C=O) groups is 1. The molecule has 2 rings (SSSR count). The zero-order chi connectivity index (χ0) is 12.1.